The van der Waals surface area contributed by atoms with Crippen molar-refractivity contribution in [2.75, 3.05) is 18.4 Å². The number of piperidine rings is 1. The molecule has 0 radical (unpaired) electrons. The third kappa shape index (κ3) is 2.54. The van der Waals surface area contributed by atoms with E-state index in [9.17, 15) is 0 Å². The van der Waals surface area contributed by atoms with Crippen molar-refractivity contribution in [3.63, 3.8) is 0 Å². The van der Waals surface area contributed by atoms with Gasteiger partial charge in [-0.05, 0) is 37.6 Å². The van der Waals surface area contributed by atoms with Gasteiger partial charge in [-0.2, -0.15) is 0 Å². The number of fused-ring (bicyclic) bond motifs is 1. The van der Waals surface area contributed by atoms with Crippen LogP contribution in [0.25, 0.3) is 10.9 Å². The van der Waals surface area contributed by atoms with Crippen molar-refractivity contribution in [2.24, 2.45) is 0 Å². The predicted molar refractivity (Wildman–Crippen MR) is 74.1 cm³/mol. The molecule has 1 unspecified atom stereocenters. The maximum absolute atomic E-state index is 5.97. The van der Waals surface area contributed by atoms with Crippen molar-refractivity contribution in [3.05, 3.63) is 29.4 Å². The van der Waals surface area contributed by atoms with Gasteiger partial charge in [0.25, 0.3) is 0 Å². The van der Waals surface area contributed by atoms with Gasteiger partial charge >= 0.3 is 0 Å². The van der Waals surface area contributed by atoms with Crippen LogP contribution in [-0.4, -0.2) is 29.1 Å². The summed E-state index contributed by atoms with van der Waals surface area (Å²) in [5, 5.41) is 8.43. The molecule has 4 nitrogen and oxygen atoms in total. The molecule has 1 aromatic heterocycles. The molecule has 94 valence electrons. The van der Waals surface area contributed by atoms with Crippen LogP contribution in [0.5, 0.6) is 0 Å². The molecule has 18 heavy (non-hydrogen) atoms. The van der Waals surface area contributed by atoms with Crippen molar-refractivity contribution in [2.45, 2.75) is 18.9 Å². The Balaban J connectivity index is 1.83. The van der Waals surface area contributed by atoms with Gasteiger partial charge in [-0.15, -0.1) is 0 Å². The van der Waals surface area contributed by atoms with Crippen molar-refractivity contribution in [3.8, 4) is 0 Å². The summed E-state index contributed by atoms with van der Waals surface area (Å²) in [4.78, 5) is 8.83. The van der Waals surface area contributed by atoms with E-state index in [0.717, 1.165) is 30.4 Å². The number of halogens is 1. The third-order valence-electron chi connectivity index (χ3n) is 3.17. The summed E-state index contributed by atoms with van der Waals surface area (Å²) in [7, 11) is 0. The lowest BCUT2D eigenvalue weighted by Gasteiger charge is -2.23. The van der Waals surface area contributed by atoms with Gasteiger partial charge in [0.05, 0.1) is 5.52 Å². The molecule has 0 amide bonds. The van der Waals surface area contributed by atoms with Crippen LogP contribution < -0.4 is 10.6 Å². The first kappa shape index (κ1) is 11.7. The Morgan fingerprint density at radius 1 is 1.39 bits per heavy atom. The molecule has 2 aromatic rings. The SMILES string of the molecule is Clc1ccc2cnc(NC3CCCNC3)nc2c1. The van der Waals surface area contributed by atoms with Crippen LogP contribution in [0.15, 0.2) is 24.4 Å². The van der Waals surface area contributed by atoms with E-state index in [0.29, 0.717) is 17.0 Å². The van der Waals surface area contributed by atoms with Crippen LogP contribution in [0.1, 0.15) is 12.8 Å². The highest BCUT2D eigenvalue weighted by Crippen LogP contribution is 2.18. The highest BCUT2D eigenvalue weighted by Gasteiger charge is 2.13. The average molecular weight is 263 g/mol. The summed E-state index contributed by atoms with van der Waals surface area (Å²) in [5.74, 6) is 0.679. The summed E-state index contributed by atoms with van der Waals surface area (Å²) >= 11 is 5.97. The highest BCUT2D eigenvalue weighted by atomic mass is 35.5. The molecular formula is C13H15ClN4. The molecule has 1 atom stereocenters. The number of benzene rings is 1. The summed E-state index contributed by atoms with van der Waals surface area (Å²) in [6.07, 6.45) is 4.18. The summed E-state index contributed by atoms with van der Waals surface area (Å²) < 4.78 is 0. The van der Waals surface area contributed by atoms with Gasteiger partial charge in [-0.1, -0.05) is 11.6 Å². The Kier molecular flexibility index (Phi) is 3.30. The molecular weight excluding hydrogens is 248 g/mol. The molecule has 2 heterocycles. The van der Waals surface area contributed by atoms with Gasteiger partial charge in [-0.25, -0.2) is 9.97 Å². The number of rotatable bonds is 2. The summed E-state index contributed by atoms with van der Waals surface area (Å²) in [6.45, 7) is 2.07. The Bertz CT molecular complexity index is 552. The van der Waals surface area contributed by atoms with Crippen LogP contribution in [-0.2, 0) is 0 Å². The fourth-order valence-corrected chi connectivity index (χ4v) is 2.39. The minimum absolute atomic E-state index is 0.412. The van der Waals surface area contributed by atoms with E-state index in [1.165, 1.54) is 6.42 Å². The second kappa shape index (κ2) is 5.08. The molecule has 5 heteroatoms. The van der Waals surface area contributed by atoms with Crippen LogP contribution >= 0.6 is 11.6 Å². The summed E-state index contributed by atoms with van der Waals surface area (Å²) in [6, 6.07) is 6.06. The number of hydrogen-bond donors (Lipinski definition) is 2. The smallest absolute Gasteiger partial charge is 0.223 e. The quantitative estimate of drug-likeness (QED) is 0.873. The van der Waals surface area contributed by atoms with E-state index in [4.69, 9.17) is 11.6 Å². The summed E-state index contributed by atoms with van der Waals surface area (Å²) in [5.41, 5.74) is 0.878. The lowest BCUT2D eigenvalue weighted by molar-refractivity contribution is 0.478. The van der Waals surface area contributed by atoms with E-state index in [1.54, 1.807) is 0 Å². The number of aromatic nitrogens is 2. The second-order valence-corrected chi connectivity index (χ2v) is 5.02. The first-order valence-electron chi connectivity index (χ1n) is 6.21. The Morgan fingerprint density at radius 2 is 2.33 bits per heavy atom. The monoisotopic (exact) mass is 262 g/mol. The number of nitrogens with zero attached hydrogens (tertiary/aromatic N) is 2. The average Bonchev–Trinajstić information content (AvgIpc) is 2.39. The second-order valence-electron chi connectivity index (χ2n) is 4.58. The molecule has 0 aliphatic carbocycles. The van der Waals surface area contributed by atoms with Gasteiger partial charge in [-0.3, -0.25) is 0 Å². The van der Waals surface area contributed by atoms with E-state index in [1.807, 2.05) is 24.4 Å². The zero-order chi connectivity index (χ0) is 12.4. The zero-order valence-corrected chi connectivity index (χ0v) is 10.7. The minimum Gasteiger partial charge on any atom is -0.350 e. The fourth-order valence-electron chi connectivity index (χ4n) is 2.22. The molecule has 2 N–H and O–H groups in total. The van der Waals surface area contributed by atoms with Crippen LogP contribution in [0.4, 0.5) is 5.95 Å². The first-order valence-corrected chi connectivity index (χ1v) is 6.58. The van der Waals surface area contributed by atoms with Crippen molar-refractivity contribution < 1.29 is 0 Å². The van der Waals surface area contributed by atoms with E-state index >= 15 is 0 Å². The number of nitrogens with one attached hydrogen (secondary N) is 2. The fraction of sp³-hybridized carbons (Fsp3) is 0.385. The van der Waals surface area contributed by atoms with Crippen molar-refractivity contribution >= 4 is 28.5 Å². The van der Waals surface area contributed by atoms with E-state index in [2.05, 4.69) is 20.6 Å². The van der Waals surface area contributed by atoms with Gasteiger partial charge in [0, 0.05) is 29.2 Å². The van der Waals surface area contributed by atoms with Crippen LogP contribution in [0, 0.1) is 0 Å². The van der Waals surface area contributed by atoms with Gasteiger partial charge < -0.3 is 10.6 Å². The molecule has 0 spiro atoms. The highest BCUT2D eigenvalue weighted by molar-refractivity contribution is 6.31. The van der Waals surface area contributed by atoms with E-state index in [-0.39, 0.29) is 0 Å². The third-order valence-corrected chi connectivity index (χ3v) is 3.41. The molecule has 0 bridgehead atoms. The maximum Gasteiger partial charge on any atom is 0.223 e. The van der Waals surface area contributed by atoms with Crippen molar-refractivity contribution in [1.82, 2.24) is 15.3 Å². The largest absolute Gasteiger partial charge is 0.350 e. The molecule has 3 rings (SSSR count). The molecule has 1 aromatic carbocycles. The number of hydrogen-bond acceptors (Lipinski definition) is 4. The molecule has 1 aliphatic heterocycles. The standard InChI is InChI=1S/C13H15ClN4/c14-10-4-3-9-7-16-13(18-12(9)6-10)17-11-2-1-5-15-8-11/h3-4,6-7,11,15H,1-2,5,8H2,(H,16,17,18). The van der Waals surface area contributed by atoms with Crippen LogP contribution in [0.3, 0.4) is 0 Å². The van der Waals surface area contributed by atoms with Gasteiger partial charge in [0.2, 0.25) is 5.95 Å². The molecule has 1 fully saturated rings. The Labute approximate surface area is 111 Å². The van der Waals surface area contributed by atoms with Gasteiger partial charge in [0.15, 0.2) is 0 Å². The Morgan fingerprint density at radius 3 is 3.17 bits per heavy atom. The first-order chi connectivity index (χ1) is 8.81. The minimum atomic E-state index is 0.412. The molecule has 0 saturated carbocycles. The molecule has 1 aliphatic rings. The molecule has 1 saturated heterocycles. The lowest BCUT2D eigenvalue weighted by Crippen LogP contribution is -2.38. The van der Waals surface area contributed by atoms with Crippen LogP contribution in [0.2, 0.25) is 5.02 Å². The maximum atomic E-state index is 5.97. The van der Waals surface area contributed by atoms with Crippen molar-refractivity contribution in [1.29, 1.82) is 0 Å². The topological polar surface area (TPSA) is 49.8 Å². The number of anilines is 1. The normalized spacial score (nSPS) is 19.9. The van der Waals surface area contributed by atoms with Gasteiger partial charge in [0.1, 0.15) is 0 Å². The van der Waals surface area contributed by atoms with E-state index < -0.39 is 0 Å². The Hall–Kier alpha value is -1.39. The lowest BCUT2D eigenvalue weighted by atomic mass is 10.1. The zero-order valence-electron chi connectivity index (χ0n) is 9.99. The predicted octanol–water partition coefficient (Wildman–Crippen LogP) is 2.45.